The van der Waals surface area contributed by atoms with Crippen LogP contribution in [0, 0.1) is 5.82 Å². The van der Waals surface area contributed by atoms with Gasteiger partial charge in [-0.15, -0.1) is 0 Å². The average molecular weight is 411 g/mol. The van der Waals surface area contributed by atoms with Crippen molar-refractivity contribution >= 4 is 40.8 Å². The van der Waals surface area contributed by atoms with Gasteiger partial charge in [-0.05, 0) is 36.4 Å². The number of esters is 1. The lowest BCUT2D eigenvalue weighted by Crippen LogP contribution is -2.49. The van der Waals surface area contributed by atoms with E-state index >= 15 is 0 Å². The van der Waals surface area contributed by atoms with E-state index in [-0.39, 0.29) is 16.5 Å². The molecule has 5 nitrogen and oxygen atoms in total. The van der Waals surface area contributed by atoms with E-state index in [9.17, 15) is 14.0 Å². The Morgan fingerprint density at radius 1 is 1.00 bits per heavy atom. The Morgan fingerprint density at radius 3 is 2.37 bits per heavy atom. The molecule has 142 valence electrons. The molecular weight excluding hydrogens is 394 g/mol. The molecule has 0 spiro atoms. The van der Waals surface area contributed by atoms with Gasteiger partial charge in [0.2, 0.25) is 0 Å². The van der Waals surface area contributed by atoms with E-state index in [0.29, 0.717) is 31.2 Å². The van der Waals surface area contributed by atoms with E-state index in [4.69, 9.17) is 27.9 Å². The molecule has 0 unspecified atom stereocenters. The fourth-order valence-electron chi connectivity index (χ4n) is 2.84. The third kappa shape index (κ3) is 4.90. The van der Waals surface area contributed by atoms with Gasteiger partial charge in [-0.25, -0.2) is 9.18 Å². The van der Waals surface area contributed by atoms with Crippen LogP contribution in [0.2, 0.25) is 10.0 Å². The minimum atomic E-state index is -0.893. The second-order valence-corrected chi connectivity index (χ2v) is 6.92. The Hall–Kier alpha value is -2.31. The average Bonchev–Trinajstić information content (AvgIpc) is 2.66. The molecule has 1 aliphatic heterocycles. The second kappa shape index (κ2) is 8.59. The van der Waals surface area contributed by atoms with Crippen molar-refractivity contribution in [3.8, 4) is 0 Å². The number of benzene rings is 2. The molecule has 0 aliphatic carbocycles. The predicted octanol–water partition coefficient (Wildman–Crippen LogP) is 3.64. The van der Waals surface area contributed by atoms with Crippen molar-refractivity contribution in [2.24, 2.45) is 0 Å². The van der Waals surface area contributed by atoms with Crippen molar-refractivity contribution in [3.63, 3.8) is 0 Å². The lowest BCUT2D eigenvalue weighted by Gasteiger charge is -2.36. The van der Waals surface area contributed by atoms with Crippen LogP contribution in [0.4, 0.5) is 10.1 Å². The third-order valence-corrected chi connectivity index (χ3v) is 4.75. The summed E-state index contributed by atoms with van der Waals surface area (Å²) < 4.78 is 18.7. The summed E-state index contributed by atoms with van der Waals surface area (Å²) in [4.78, 5) is 27.9. The Balaban J connectivity index is 1.50. The molecular formula is C19H17Cl2FN2O3. The monoisotopic (exact) mass is 410 g/mol. The van der Waals surface area contributed by atoms with Crippen LogP contribution in [0.1, 0.15) is 10.4 Å². The highest BCUT2D eigenvalue weighted by atomic mass is 35.5. The highest BCUT2D eigenvalue weighted by molar-refractivity contribution is 6.31. The normalized spacial score (nSPS) is 14.2. The SMILES string of the molecule is O=C(OCC(=O)N1CCN(c2cccc(Cl)c2)CC1)c1ccc(Cl)cc1F. The number of anilines is 1. The summed E-state index contributed by atoms with van der Waals surface area (Å²) in [5.74, 6) is -1.99. The number of ether oxygens (including phenoxy) is 1. The molecule has 8 heteroatoms. The van der Waals surface area contributed by atoms with E-state index in [1.807, 2.05) is 24.3 Å². The third-order valence-electron chi connectivity index (χ3n) is 4.28. The van der Waals surface area contributed by atoms with Gasteiger partial charge in [0.1, 0.15) is 5.82 Å². The molecule has 1 amide bonds. The fraction of sp³-hybridized carbons (Fsp3) is 0.263. The molecule has 27 heavy (non-hydrogen) atoms. The first-order valence-electron chi connectivity index (χ1n) is 8.34. The predicted molar refractivity (Wildman–Crippen MR) is 102 cm³/mol. The number of halogens is 3. The van der Waals surface area contributed by atoms with Gasteiger partial charge in [0, 0.05) is 41.9 Å². The number of hydrogen-bond donors (Lipinski definition) is 0. The van der Waals surface area contributed by atoms with Gasteiger partial charge in [-0.1, -0.05) is 29.3 Å². The van der Waals surface area contributed by atoms with Crippen LogP contribution < -0.4 is 4.90 Å². The van der Waals surface area contributed by atoms with Gasteiger partial charge in [-0.2, -0.15) is 0 Å². The Bertz CT molecular complexity index is 855. The van der Waals surface area contributed by atoms with E-state index in [1.165, 1.54) is 12.1 Å². The molecule has 1 heterocycles. The molecule has 2 aromatic carbocycles. The van der Waals surface area contributed by atoms with Crippen LogP contribution in [0.5, 0.6) is 0 Å². The van der Waals surface area contributed by atoms with Crippen molar-refractivity contribution in [2.75, 3.05) is 37.7 Å². The van der Waals surface area contributed by atoms with Crippen LogP contribution in [0.3, 0.4) is 0 Å². The molecule has 0 saturated carbocycles. The van der Waals surface area contributed by atoms with E-state index in [0.717, 1.165) is 11.8 Å². The van der Waals surface area contributed by atoms with Crippen LogP contribution in [0.25, 0.3) is 0 Å². The standard InChI is InChI=1S/C19H17Cl2FN2O3/c20-13-2-1-3-15(10-13)23-6-8-24(9-7-23)18(25)12-27-19(26)16-5-4-14(21)11-17(16)22/h1-5,10-11H,6-9,12H2. The molecule has 0 bridgehead atoms. The van der Waals surface area contributed by atoms with Gasteiger partial charge in [-0.3, -0.25) is 4.79 Å². The molecule has 3 rings (SSSR count). The zero-order chi connectivity index (χ0) is 19.4. The molecule has 1 fully saturated rings. The molecule has 1 aliphatic rings. The van der Waals surface area contributed by atoms with Crippen LogP contribution in [-0.4, -0.2) is 49.6 Å². The van der Waals surface area contributed by atoms with E-state index in [2.05, 4.69) is 4.90 Å². The van der Waals surface area contributed by atoms with E-state index < -0.39 is 18.4 Å². The number of hydrogen-bond acceptors (Lipinski definition) is 4. The quantitative estimate of drug-likeness (QED) is 0.721. The number of rotatable bonds is 4. The number of amides is 1. The maximum Gasteiger partial charge on any atom is 0.341 e. The summed E-state index contributed by atoms with van der Waals surface area (Å²) in [7, 11) is 0. The number of nitrogens with zero attached hydrogens (tertiary/aromatic N) is 2. The Labute approximate surface area is 166 Å². The summed E-state index contributed by atoms with van der Waals surface area (Å²) in [5.41, 5.74) is 0.747. The largest absolute Gasteiger partial charge is 0.452 e. The van der Waals surface area contributed by atoms with Crippen molar-refractivity contribution in [1.29, 1.82) is 0 Å². The molecule has 0 N–H and O–H groups in total. The highest BCUT2D eigenvalue weighted by Crippen LogP contribution is 2.21. The van der Waals surface area contributed by atoms with Gasteiger partial charge in [0.15, 0.2) is 6.61 Å². The lowest BCUT2D eigenvalue weighted by molar-refractivity contribution is -0.134. The van der Waals surface area contributed by atoms with Gasteiger partial charge >= 0.3 is 5.97 Å². The molecule has 1 saturated heterocycles. The smallest absolute Gasteiger partial charge is 0.341 e. The van der Waals surface area contributed by atoms with Gasteiger partial charge in [0.25, 0.3) is 5.91 Å². The fourth-order valence-corrected chi connectivity index (χ4v) is 3.18. The van der Waals surface area contributed by atoms with Crippen LogP contribution in [0.15, 0.2) is 42.5 Å². The van der Waals surface area contributed by atoms with Crippen molar-refractivity contribution < 1.29 is 18.7 Å². The van der Waals surface area contributed by atoms with Crippen LogP contribution >= 0.6 is 23.2 Å². The summed E-state index contributed by atoms with van der Waals surface area (Å²) in [6.07, 6.45) is 0. The second-order valence-electron chi connectivity index (χ2n) is 6.05. The van der Waals surface area contributed by atoms with Crippen molar-refractivity contribution in [1.82, 2.24) is 4.90 Å². The van der Waals surface area contributed by atoms with Gasteiger partial charge < -0.3 is 14.5 Å². The Kier molecular flexibility index (Phi) is 6.19. The number of piperazine rings is 1. The van der Waals surface area contributed by atoms with Crippen molar-refractivity contribution in [2.45, 2.75) is 0 Å². The first kappa shape index (κ1) is 19.5. The van der Waals surface area contributed by atoms with Crippen LogP contribution in [-0.2, 0) is 9.53 Å². The Morgan fingerprint density at radius 2 is 1.70 bits per heavy atom. The molecule has 2 aromatic rings. The molecule has 0 radical (unpaired) electrons. The maximum absolute atomic E-state index is 13.7. The molecule has 0 atom stereocenters. The zero-order valence-electron chi connectivity index (χ0n) is 14.3. The van der Waals surface area contributed by atoms with Crippen molar-refractivity contribution in [3.05, 3.63) is 63.9 Å². The first-order valence-corrected chi connectivity index (χ1v) is 9.10. The minimum absolute atomic E-state index is 0.178. The summed E-state index contributed by atoms with van der Waals surface area (Å²) in [6, 6.07) is 11.2. The zero-order valence-corrected chi connectivity index (χ0v) is 15.8. The maximum atomic E-state index is 13.7. The number of carbonyl (C=O) groups excluding carboxylic acids is 2. The minimum Gasteiger partial charge on any atom is -0.452 e. The topological polar surface area (TPSA) is 49.9 Å². The first-order chi connectivity index (χ1) is 12.9. The summed E-state index contributed by atoms with van der Waals surface area (Å²) in [5, 5.41) is 0.838. The number of carbonyl (C=O) groups is 2. The lowest BCUT2D eigenvalue weighted by atomic mass is 10.2. The van der Waals surface area contributed by atoms with Gasteiger partial charge in [0.05, 0.1) is 5.56 Å². The summed E-state index contributed by atoms with van der Waals surface area (Å²) in [6.45, 7) is 1.85. The highest BCUT2D eigenvalue weighted by Gasteiger charge is 2.23. The molecule has 0 aromatic heterocycles. The summed E-state index contributed by atoms with van der Waals surface area (Å²) >= 11 is 11.7. The van der Waals surface area contributed by atoms with E-state index in [1.54, 1.807) is 4.90 Å².